The molecule has 2 fully saturated rings. The van der Waals surface area contributed by atoms with Gasteiger partial charge in [0, 0.05) is 32.6 Å². The first-order valence-electron chi connectivity index (χ1n) is 9.93. The summed E-state index contributed by atoms with van der Waals surface area (Å²) in [7, 11) is 1.82. The fourth-order valence-corrected chi connectivity index (χ4v) is 3.98. The molecule has 0 aromatic carbocycles. The van der Waals surface area contributed by atoms with E-state index in [2.05, 4.69) is 5.32 Å². The average molecular weight is 361 g/mol. The second-order valence-corrected chi connectivity index (χ2v) is 7.75. The molecule has 0 atom stereocenters. The smallest absolute Gasteiger partial charge is 0.317 e. The molecule has 144 valence electrons. The van der Waals surface area contributed by atoms with E-state index < -0.39 is 0 Å². The monoisotopic (exact) mass is 361 g/mol. The Labute approximate surface area is 155 Å². The van der Waals surface area contributed by atoms with Crippen LogP contribution in [0.4, 0.5) is 4.79 Å². The molecule has 2 aliphatic rings. The Morgan fingerprint density at radius 3 is 2.58 bits per heavy atom. The number of carbonyl (C=O) groups excluding carboxylic acids is 2. The van der Waals surface area contributed by atoms with Gasteiger partial charge in [0.05, 0.1) is 12.8 Å². The van der Waals surface area contributed by atoms with E-state index in [-0.39, 0.29) is 11.9 Å². The summed E-state index contributed by atoms with van der Waals surface area (Å²) < 4.78 is 5.30. The number of nitrogens with zero attached hydrogens (tertiary/aromatic N) is 2. The van der Waals surface area contributed by atoms with Crippen molar-refractivity contribution in [2.24, 2.45) is 5.92 Å². The maximum atomic E-state index is 12.4. The number of piperidine rings is 1. The van der Waals surface area contributed by atoms with E-state index >= 15 is 0 Å². The van der Waals surface area contributed by atoms with E-state index in [4.69, 9.17) is 4.42 Å². The number of likely N-dealkylation sites (tertiary alicyclic amines) is 1. The minimum Gasteiger partial charge on any atom is -0.467 e. The van der Waals surface area contributed by atoms with Crippen molar-refractivity contribution in [1.29, 1.82) is 0 Å². The van der Waals surface area contributed by atoms with E-state index in [1.54, 1.807) is 11.2 Å². The lowest BCUT2D eigenvalue weighted by Gasteiger charge is -2.34. The van der Waals surface area contributed by atoms with Crippen LogP contribution in [0.25, 0.3) is 0 Å². The quantitative estimate of drug-likeness (QED) is 0.874. The molecule has 0 unspecified atom stereocenters. The minimum atomic E-state index is 0.0802. The number of rotatable bonds is 5. The Bertz CT molecular complexity index is 573. The number of amides is 3. The normalized spacial score (nSPS) is 19.3. The third-order valence-corrected chi connectivity index (χ3v) is 5.70. The Morgan fingerprint density at radius 2 is 1.92 bits per heavy atom. The Kier molecular flexibility index (Phi) is 6.58. The molecule has 1 saturated carbocycles. The highest BCUT2D eigenvalue weighted by Crippen LogP contribution is 2.23. The molecule has 1 saturated heterocycles. The largest absolute Gasteiger partial charge is 0.467 e. The van der Waals surface area contributed by atoms with Crippen molar-refractivity contribution >= 4 is 11.9 Å². The van der Waals surface area contributed by atoms with Gasteiger partial charge < -0.3 is 19.5 Å². The van der Waals surface area contributed by atoms with E-state index in [1.165, 1.54) is 19.3 Å². The van der Waals surface area contributed by atoms with E-state index in [1.807, 2.05) is 24.1 Å². The number of carbonyl (C=O) groups is 2. The van der Waals surface area contributed by atoms with Gasteiger partial charge in [0.2, 0.25) is 5.91 Å². The van der Waals surface area contributed by atoms with Crippen LogP contribution in [0, 0.1) is 5.92 Å². The molecule has 0 bridgehead atoms. The third kappa shape index (κ3) is 5.26. The van der Waals surface area contributed by atoms with Crippen molar-refractivity contribution in [3.8, 4) is 0 Å². The van der Waals surface area contributed by atoms with Gasteiger partial charge in [-0.15, -0.1) is 0 Å². The molecule has 6 heteroatoms. The molecule has 3 amide bonds. The predicted octanol–water partition coefficient (Wildman–Crippen LogP) is 3.38. The standard InChI is InChI=1S/C20H31N3O3/c1-22(15-18-8-5-13-26-18)19(24)14-16-9-11-23(12-10-16)20(25)21-17-6-3-2-4-7-17/h5,8,13,16-17H,2-4,6-7,9-12,14-15H2,1H3,(H,21,25). The molecule has 2 heterocycles. The molecule has 3 rings (SSSR count). The molecule has 1 aromatic heterocycles. The van der Waals surface area contributed by atoms with Gasteiger partial charge in [0.15, 0.2) is 0 Å². The molecule has 1 aliphatic carbocycles. The third-order valence-electron chi connectivity index (χ3n) is 5.70. The van der Waals surface area contributed by atoms with Gasteiger partial charge in [0.25, 0.3) is 0 Å². The maximum absolute atomic E-state index is 12.4. The highest BCUT2D eigenvalue weighted by molar-refractivity contribution is 5.76. The topological polar surface area (TPSA) is 65.8 Å². The van der Waals surface area contributed by atoms with Gasteiger partial charge in [-0.1, -0.05) is 19.3 Å². The summed E-state index contributed by atoms with van der Waals surface area (Å²) in [5.41, 5.74) is 0. The summed E-state index contributed by atoms with van der Waals surface area (Å²) in [6.07, 6.45) is 9.94. The van der Waals surface area contributed by atoms with E-state index in [0.29, 0.717) is 24.9 Å². The summed E-state index contributed by atoms with van der Waals surface area (Å²) >= 11 is 0. The maximum Gasteiger partial charge on any atom is 0.317 e. The minimum absolute atomic E-state index is 0.0802. The average Bonchev–Trinajstić information content (AvgIpc) is 3.16. The number of hydrogen-bond acceptors (Lipinski definition) is 3. The van der Waals surface area contributed by atoms with Gasteiger partial charge >= 0.3 is 6.03 Å². The lowest BCUT2D eigenvalue weighted by molar-refractivity contribution is -0.131. The molecule has 26 heavy (non-hydrogen) atoms. The summed E-state index contributed by atoms with van der Waals surface area (Å²) in [4.78, 5) is 28.5. The Balaban J connectivity index is 1.37. The van der Waals surface area contributed by atoms with Crippen LogP contribution >= 0.6 is 0 Å². The lowest BCUT2D eigenvalue weighted by atomic mass is 9.93. The van der Waals surface area contributed by atoms with Crippen LogP contribution in [0.2, 0.25) is 0 Å². The van der Waals surface area contributed by atoms with Crippen molar-refractivity contribution in [3.05, 3.63) is 24.2 Å². The predicted molar refractivity (Wildman–Crippen MR) is 99.5 cm³/mol. The first-order chi connectivity index (χ1) is 12.6. The highest BCUT2D eigenvalue weighted by Gasteiger charge is 2.27. The zero-order valence-electron chi connectivity index (χ0n) is 15.8. The first-order valence-corrected chi connectivity index (χ1v) is 9.93. The number of hydrogen-bond donors (Lipinski definition) is 1. The van der Waals surface area contributed by atoms with Crippen molar-refractivity contribution in [3.63, 3.8) is 0 Å². The van der Waals surface area contributed by atoms with E-state index in [0.717, 1.165) is 44.5 Å². The zero-order valence-corrected chi connectivity index (χ0v) is 15.8. The molecule has 1 N–H and O–H groups in total. The van der Waals surface area contributed by atoms with E-state index in [9.17, 15) is 9.59 Å². The van der Waals surface area contributed by atoms with Crippen molar-refractivity contribution in [2.75, 3.05) is 20.1 Å². The van der Waals surface area contributed by atoms with Crippen molar-refractivity contribution in [2.45, 2.75) is 64.0 Å². The summed E-state index contributed by atoms with van der Waals surface area (Å²) in [6.45, 7) is 2.01. The zero-order chi connectivity index (χ0) is 18.4. The van der Waals surface area contributed by atoms with Crippen LogP contribution in [0.3, 0.4) is 0 Å². The van der Waals surface area contributed by atoms with Crippen LogP contribution in [0.5, 0.6) is 0 Å². The Hall–Kier alpha value is -1.98. The number of nitrogens with one attached hydrogen (secondary N) is 1. The van der Waals surface area contributed by atoms with Crippen LogP contribution in [-0.2, 0) is 11.3 Å². The molecule has 0 spiro atoms. The second-order valence-electron chi connectivity index (χ2n) is 7.75. The summed E-state index contributed by atoms with van der Waals surface area (Å²) in [5.74, 6) is 1.31. The van der Waals surface area contributed by atoms with Crippen LogP contribution in [0.15, 0.2) is 22.8 Å². The molecular formula is C20H31N3O3. The van der Waals surface area contributed by atoms with Gasteiger partial charge in [0.1, 0.15) is 5.76 Å². The van der Waals surface area contributed by atoms with Gasteiger partial charge in [-0.2, -0.15) is 0 Å². The molecule has 1 aromatic rings. The van der Waals surface area contributed by atoms with Crippen LogP contribution in [0.1, 0.15) is 57.1 Å². The molecule has 0 radical (unpaired) electrons. The SMILES string of the molecule is CN(Cc1ccco1)C(=O)CC1CCN(C(=O)NC2CCCCC2)CC1. The van der Waals surface area contributed by atoms with Crippen LogP contribution < -0.4 is 5.32 Å². The summed E-state index contributed by atoms with van der Waals surface area (Å²) in [6, 6.07) is 4.15. The number of urea groups is 1. The number of furan rings is 1. The van der Waals surface area contributed by atoms with Crippen molar-refractivity contribution < 1.29 is 14.0 Å². The summed E-state index contributed by atoms with van der Waals surface area (Å²) in [5, 5.41) is 3.19. The van der Waals surface area contributed by atoms with Gasteiger partial charge in [-0.3, -0.25) is 4.79 Å². The van der Waals surface area contributed by atoms with Gasteiger partial charge in [-0.25, -0.2) is 4.79 Å². The van der Waals surface area contributed by atoms with Crippen molar-refractivity contribution in [1.82, 2.24) is 15.1 Å². The van der Waals surface area contributed by atoms with Crippen LogP contribution in [-0.4, -0.2) is 47.9 Å². The molecule has 6 nitrogen and oxygen atoms in total. The molecule has 1 aliphatic heterocycles. The van der Waals surface area contributed by atoms with Gasteiger partial charge in [-0.05, 0) is 43.7 Å². The second kappa shape index (κ2) is 9.10. The fourth-order valence-electron chi connectivity index (χ4n) is 3.98. The highest BCUT2D eigenvalue weighted by atomic mass is 16.3. The molecular weight excluding hydrogens is 330 g/mol. The first kappa shape index (κ1) is 18.8. The Morgan fingerprint density at radius 1 is 1.19 bits per heavy atom. The lowest BCUT2D eigenvalue weighted by Crippen LogP contribution is -2.48. The fraction of sp³-hybridized carbons (Fsp3) is 0.700.